The van der Waals surface area contributed by atoms with Crippen LogP contribution < -0.4 is 0 Å². The molecule has 1 atom stereocenters. The van der Waals surface area contributed by atoms with Gasteiger partial charge in [0.15, 0.2) is 6.29 Å². The van der Waals surface area contributed by atoms with Crippen molar-refractivity contribution in [1.29, 1.82) is 0 Å². The average molecular weight is 259 g/mol. The molecule has 1 aliphatic rings. The minimum absolute atomic E-state index is 0.0604. The van der Waals surface area contributed by atoms with E-state index in [9.17, 15) is 9.59 Å². The molecule has 6 nitrogen and oxygen atoms in total. The highest BCUT2D eigenvalue weighted by molar-refractivity contribution is 5.86. The number of methoxy groups -OCH3 is 1. The van der Waals surface area contributed by atoms with E-state index in [2.05, 4.69) is 4.74 Å². The van der Waals surface area contributed by atoms with E-state index in [0.717, 1.165) is 0 Å². The van der Waals surface area contributed by atoms with Crippen LogP contribution in [0.5, 0.6) is 0 Å². The highest BCUT2D eigenvalue weighted by Crippen LogP contribution is 2.19. The van der Waals surface area contributed by atoms with Crippen LogP contribution in [0.4, 0.5) is 0 Å². The van der Waals surface area contributed by atoms with Gasteiger partial charge in [-0.3, -0.25) is 9.59 Å². The maximum Gasteiger partial charge on any atom is 0.310 e. The lowest BCUT2D eigenvalue weighted by atomic mass is 10.1. The predicted octanol–water partition coefficient (Wildman–Crippen LogP) is 0.407. The van der Waals surface area contributed by atoms with Gasteiger partial charge in [0.2, 0.25) is 5.91 Å². The standard InChI is InChI=1S/C12H21NO5/c1-4-17-11(18-5-2)8-13-7-9(6-10(13)14)12(15)16-3/h9,11H,4-8H2,1-3H3. The molecule has 0 radical (unpaired) electrons. The van der Waals surface area contributed by atoms with Crippen LogP contribution in [0, 0.1) is 5.92 Å². The molecule has 104 valence electrons. The van der Waals surface area contributed by atoms with Crippen molar-refractivity contribution in [2.45, 2.75) is 26.6 Å². The largest absolute Gasteiger partial charge is 0.469 e. The highest BCUT2D eigenvalue weighted by Gasteiger charge is 2.36. The number of likely N-dealkylation sites (tertiary alicyclic amines) is 1. The van der Waals surface area contributed by atoms with E-state index in [1.54, 1.807) is 4.90 Å². The third-order valence-electron chi connectivity index (χ3n) is 2.82. The Morgan fingerprint density at radius 2 is 2.00 bits per heavy atom. The van der Waals surface area contributed by atoms with Crippen molar-refractivity contribution in [3.05, 3.63) is 0 Å². The third kappa shape index (κ3) is 3.96. The summed E-state index contributed by atoms with van der Waals surface area (Å²) in [6, 6.07) is 0. The lowest BCUT2D eigenvalue weighted by Crippen LogP contribution is -2.37. The maximum absolute atomic E-state index is 11.8. The fourth-order valence-electron chi connectivity index (χ4n) is 1.98. The minimum Gasteiger partial charge on any atom is -0.469 e. The number of esters is 1. The normalized spacial score (nSPS) is 19.7. The molecule has 0 aromatic heterocycles. The molecule has 1 aliphatic heterocycles. The highest BCUT2D eigenvalue weighted by atomic mass is 16.7. The summed E-state index contributed by atoms with van der Waals surface area (Å²) < 4.78 is 15.4. The van der Waals surface area contributed by atoms with E-state index < -0.39 is 6.29 Å². The van der Waals surface area contributed by atoms with Crippen LogP contribution in [0.25, 0.3) is 0 Å². The first-order chi connectivity index (χ1) is 8.62. The molecule has 1 amide bonds. The van der Waals surface area contributed by atoms with Gasteiger partial charge < -0.3 is 19.1 Å². The van der Waals surface area contributed by atoms with Gasteiger partial charge in [0.05, 0.1) is 19.6 Å². The van der Waals surface area contributed by atoms with Gasteiger partial charge in [-0.15, -0.1) is 0 Å². The summed E-state index contributed by atoms with van der Waals surface area (Å²) in [5, 5.41) is 0. The maximum atomic E-state index is 11.8. The van der Waals surface area contributed by atoms with Crippen molar-refractivity contribution in [2.24, 2.45) is 5.92 Å². The lowest BCUT2D eigenvalue weighted by molar-refractivity contribution is -0.156. The molecular weight excluding hydrogens is 238 g/mol. The van der Waals surface area contributed by atoms with Crippen molar-refractivity contribution in [3.8, 4) is 0 Å². The molecule has 1 saturated heterocycles. The van der Waals surface area contributed by atoms with Gasteiger partial charge in [0, 0.05) is 26.2 Å². The molecule has 1 rings (SSSR count). The number of carbonyl (C=O) groups excluding carboxylic acids is 2. The first kappa shape index (κ1) is 14.9. The summed E-state index contributed by atoms with van der Waals surface area (Å²) in [7, 11) is 1.33. The summed E-state index contributed by atoms with van der Waals surface area (Å²) in [6.45, 7) is 5.51. The van der Waals surface area contributed by atoms with E-state index in [4.69, 9.17) is 9.47 Å². The van der Waals surface area contributed by atoms with E-state index >= 15 is 0 Å². The Bertz CT molecular complexity index is 288. The quantitative estimate of drug-likeness (QED) is 0.489. The van der Waals surface area contributed by atoms with Gasteiger partial charge in [-0.1, -0.05) is 0 Å². The molecule has 1 unspecified atom stereocenters. The lowest BCUT2D eigenvalue weighted by Gasteiger charge is -2.23. The van der Waals surface area contributed by atoms with Gasteiger partial charge in [-0.2, -0.15) is 0 Å². The van der Waals surface area contributed by atoms with Crippen molar-refractivity contribution in [2.75, 3.05) is 33.4 Å². The second-order valence-electron chi connectivity index (χ2n) is 4.06. The van der Waals surface area contributed by atoms with Crippen LogP contribution in [0.2, 0.25) is 0 Å². The fraction of sp³-hybridized carbons (Fsp3) is 0.833. The van der Waals surface area contributed by atoms with Crippen LogP contribution in [-0.4, -0.2) is 56.5 Å². The molecule has 0 aliphatic carbocycles. The first-order valence-electron chi connectivity index (χ1n) is 6.21. The van der Waals surface area contributed by atoms with Crippen molar-refractivity contribution in [3.63, 3.8) is 0 Å². The number of hydrogen-bond donors (Lipinski definition) is 0. The summed E-state index contributed by atoms with van der Waals surface area (Å²) >= 11 is 0. The Morgan fingerprint density at radius 3 is 2.50 bits per heavy atom. The van der Waals surface area contributed by atoms with Crippen LogP contribution in [-0.2, 0) is 23.8 Å². The minimum atomic E-state index is -0.430. The zero-order chi connectivity index (χ0) is 13.5. The van der Waals surface area contributed by atoms with E-state index in [1.807, 2.05) is 13.8 Å². The van der Waals surface area contributed by atoms with Gasteiger partial charge >= 0.3 is 5.97 Å². The van der Waals surface area contributed by atoms with Gasteiger partial charge in [-0.05, 0) is 13.8 Å². The number of amides is 1. The first-order valence-corrected chi connectivity index (χ1v) is 6.21. The molecule has 18 heavy (non-hydrogen) atoms. The van der Waals surface area contributed by atoms with Gasteiger partial charge in [0.1, 0.15) is 0 Å². The molecule has 1 fully saturated rings. The molecule has 0 aromatic rings. The number of carbonyl (C=O) groups is 2. The van der Waals surface area contributed by atoms with Crippen LogP contribution in [0.1, 0.15) is 20.3 Å². The zero-order valence-corrected chi connectivity index (χ0v) is 11.2. The molecule has 0 spiro atoms. The van der Waals surface area contributed by atoms with E-state index in [-0.39, 0.29) is 24.2 Å². The Morgan fingerprint density at radius 1 is 1.39 bits per heavy atom. The second-order valence-corrected chi connectivity index (χ2v) is 4.06. The molecule has 6 heteroatoms. The SMILES string of the molecule is CCOC(CN1CC(C(=O)OC)CC1=O)OCC. The second kappa shape index (κ2) is 7.33. The molecule has 0 aromatic carbocycles. The summed E-state index contributed by atoms with van der Waals surface area (Å²) in [5.41, 5.74) is 0. The topological polar surface area (TPSA) is 65.1 Å². The van der Waals surface area contributed by atoms with Crippen LogP contribution >= 0.6 is 0 Å². The number of hydrogen-bond acceptors (Lipinski definition) is 5. The Labute approximate surface area is 107 Å². The molecule has 0 saturated carbocycles. The fourth-order valence-corrected chi connectivity index (χ4v) is 1.98. The van der Waals surface area contributed by atoms with E-state index in [0.29, 0.717) is 26.3 Å². The zero-order valence-electron chi connectivity index (χ0n) is 11.2. The Balaban J connectivity index is 2.51. The number of rotatable bonds is 7. The number of nitrogens with zero attached hydrogens (tertiary/aromatic N) is 1. The number of ether oxygens (including phenoxy) is 3. The average Bonchev–Trinajstić information content (AvgIpc) is 2.71. The monoisotopic (exact) mass is 259 g/mol. The van der Waals surface area contributed by atoms with Gasteiger partial charge in [0.25, 0.3) is 0 Å². The molecule has 1 heterocycles. The van der Waals surface area contributed by atoms with Crippen LogP contribution in [0.3, 0.4) is 0 Å². The Hall–Kier alpha value is -1.14. The van der Waals surface area contributed by atoms with E-state index in [1.165, 1.54) is 7.11 Å². The molecular formula is C12H21NO5. The molecule has 0 N–H and O–H groups in total. The Kier molecular flexibility index (Phi) is 6.07. The summed E-state index contributed by atoms with van der Waals surface area (Å²) in [5.74, 6) is -0.767. The van der Waals surface area contributed by atoms with Crippen LogP contribution in [0.15, 0.2) is 0 Å². The summed E-state index contributed by atoms with van der Waals surface area (Å²) in [4.78, 5) is 24.7. The smallest absolute Gasteiger partial charge is 0.310 e. The van der Waals surface area contributed by atoms with Crippen molar-refractivity contribution in [1.82, 2.24) is 4.90 Å². The van der Waals surface area contributed by atoms with Crippen molar-refractivity contribution < 1.29 is 23.8 Å². The predicted molar refractivity (Wildman–Crippen MR) is 63.7 cm³/mol. The molecule has 0 bridgehead atoms. The summed E-state index contributed by atoms with van der Waals surface area (Å²) in [6.07, 6.45) is -0.224. The third-order valence-corrected chi connectivity index (χ3v) is 2.82. The van der Waals surface area contributed by atoms with Crippen molar-refractivity contribution >= 4 is 11.9 Å². The van der Waals surface area contributed by atoms with Gasteiger partial charge in [-0.25, -0.2) is 0 Å².